The van der Waals surface area contributed by atoms with E-state index < -0.39 is 5.97 Å². The Morgan fingerprint density at radius 3 is 2.62 bits per heavy atom. The van der Waals surface area contributed by atoms with E-state index in [0.29, 0.717) is 11.3 Å². The van der Waals surface area contributed by atoms with Crippen LogP contribution in [0.25, 0.3) is 6.08 Å². The lowest BCUT2D eigenvalue weighted by atomic mass is 10.1. The van der Waals surface area contributed by atoms with E-state index in [0.717, 1.165) is 10.0 Å². The van der Waals surface area contributed by atoms with Crippen LogP contribution in [-0.4, -0.2) is 11.8 Å². The molecule has 0 bridgehead atoms. The van der Waals surface area contributed by atoms with Gasteiger partial charge in [0.2, 0.25) is 11.5 Å². The number of esters is 1. The molecular formula is C20H11BrO5. The van der Waals surface area contributed by atoms with Gasteiger partial charge in [-0.25, -0.2) is 4.79 Å². The number of hydrogen-bond donors (Lipinski definition) is 0. The van der Waals surface area contributed by atoms with Crippen molar-refractivity contribution in [3.63, 3.8) is 0 Å². The molecule has 0 fully saturated rings. The molecule has 0 radical (unpaired) electrons. The van der Waals surface area contributed by atoms with Gasteiger partial charge >= 0.3 is 5.97 Å². The Bertz CT molecular complexity index is 1020. The van der Waals surface area contributed by atoms with Gasteiger partial charge in [-0.3, -0.25) is 4.79 Å². The van der Waals surface area contributed by atoms with Gasteiger partial charge in [0.05, 0.1) is 11.8 Å². The molecule has 0 N–H and O–H groups in total. The molecule has 0 saturated heterocycles. The number of halogens is 1. The number of allylic oxidation sites excluding steroid dienone is 1. The Labute approximate surface area is 157 Å². The number of benzene rings is 2. The van der Waals surface area contributed by atoms with Crippen molar-refractivity contribution in [1.29, 1.82) is 0 Å². The lowest BCUT2D eigenvalue weighted by Crippen LogP contribution is -2.07. The zero-order valence-electron chi connectivity index (χ0n) is 13.3. The Hall–Kier alpha value is -3.12. The molecule has 0 amide bonds. The normalized spacial score (nSPS) is 14.2. The van der Waals surface area contributed by atoms with Crippen molar-refractivity contribution < 1.29 is 23.5 Å². The van der Waals surface area contributed by atoms with E-state index in [1.165, 1.54) is 18.4 Å². The number of fused-ring (bicyclic) bond motifs is 1. The summed E-state index contributed by atoms with van der Waals surface area (Å²) in [5, 5.41) is 0. The maximum absolute atomic E-state index is 12.5. The largest absolute Gasteiger partial charge is 0.457 e. The zero-order chi connectivity index (χ0) is 18.1. The summed E-state index contributed by atoms with van der Waals surface area (Å²) in [6.45, 7) is 0. The standard InChI is InChI=1S/C20H11BrO5/c21-13-5-3-12(4-6-13)10-18-19(22)15-8-7-14(11-17(15)26-18)25-20(23)16-2-1-9-24-16/h1-11H/b18-10-. The lowest BCUT2D eigenvalue weighted by Gasteiger charge is -2.04. The fourth-order valence-electron chi connectivity index (χ4n) is 2.49. The van der Waals surface area contributed by atoms with E-state index in [9.17, 15) is 9.59 Å². The lowest BCUT2D eigenvalue weighted by molar-refractivity contribution is 0.0701. The highest BCUT2D eigenvalue weighted by atomic mass is 79.9. The summed E-state index contributed by atoms with van der Waals surface area (Å²) < 4.78 is 16.8. The third-order valence-electron chi connectivity index (χ3n) is 3.74. The molecule has 2 heterocycles. The van der Waals surface area contributed by atoms with Crippen molar-refractivity contribution in [1.82, 2.24) is 0 Å². The van der Waals surface area contributed by atoms with Crippen molar-refractivity contribution in [2.75, 3.05) is 0 Å². The third kappa shape index (κ3) is 3.19. The SMILES string of the molecule is O=C(Oc1ccc2c(c1)O/C(=C\c1ccc(Br)cc1)C2=O)c1ccco1. The van der Waals surface area contributed by atoms with Crippen molar-refractivity contribution in [2.45, 2.75) is 0 Å². The summed E-state index contributed by atoms with van der Waals surface area (Å²) in [7, 11) is 0. The first-order valence-electron chi connectivity index (χ1n) is 7.70. The molecule has 1 aliphatic heterocycles. The summed E-state index contributed by atoms with van der Waals surface area (Å²) >= 11 is 3.37. The molecule has 0 atom stereocenters. The first-order chi connectivity index (χ1) is 12.6. The van der Waals surface area contributed by atoms with Crippen LogP contribution in [0.3, 0.4) is 0 Å². The predicted octanol–water partition coefficient (Wildman–Crippen LogP) is 4.88. The van der Waals surface area contributed by atoms with Crippen molar-refractivity contribution in [2.24, 2.45) is 0 Å². The van der Waals surface area contributed by atoms with Crippen LogP contribution in [0.2, 0.25) is 0 Å². The van der Waals surface area contributed by atoms with Gasteiger partial charge in [-0.1, -0.05) is 28.1 Å². The van der Waals surface area contributed by atoms with E-state index in [1.807, 2.05) is 24.3 Å². The van der Waals surface area contributed by atoms with Crippen LogP contribution in [-0.2, 0) is 0 Å². The second-order valence-electron chi connectivity index (χ2n) is 5.52. The van der Waals surface area contributed by atoms with Crippen LogP contribution in [0.15, 0.2) is 75.5 Å². The van der Waals surface area contributed by atoms with Gasteiger partial charge in [0.15, 0.2) is 5.76 Å². The number of ether oxygens (including phenoxy) is 2. The highest BCUT2D eigenvalue weighted by Gasteiger charge is 2.28. The molecule has 0 spiro atoms. The third-order valence-corrected chi connectivity index (χ3v) is 4.27. The van der Waals surface area contributed by atoms with E-state index in [4.69, 9.17) is 13.9 Å². The average molecular weight is 411 g/mol. The maximum Gasteiger partial charge on any atom is 0.379 e. The molecule has 128 valence electrons. The smallest absolute Gasteiger partial charge is 0.379 e. The molecule has 2 aromatic carbocycles. The molecule has 0 unspecified atom stereocenters. The van der Waals surface area contributed by atoms with Crippen LogP contribution >= 0.6 is 15.9 Å². The number of Topliss-reactive ketones (excluding diaryl/α,β-unsaturated/α-hetero) is 1. The number of carbonyl (C=O) groups is 2. The van der Waals surface area contributed by atoms with E-state index in [2.05, 4.69) is 15.9 Å². The van der Waals surface area contributed by atoms with Gasteiger partial charge in [0.1, 0.15) is 11.5 Å². The minimum absolute atomic E-state index is 0.0957. The first kappa shape index (κ1) is 16.4. The number of hydrogen-bond acceptors (Lipinski definition) is 5. The molecule has 4 rings (SSSR count). The van der Waals surface area contributed by atoms with Crippen LogP contribution in [0, 0.1) is 0 Å². The minimum Gasteiger partial charge on any atom is -0.457 e. The Kier molecular flexibility index (Phi) is 4.18. The Morgan fingerprint density at radius 1 is 1.08 bits per heavy atom. The first-order valence-corrected chi connectivity index (χ1v) is 8.49. The van der Waals surface area contributed by atoms with Gasteiger partial charge in [0.25, 0.3) is 0 Å². The second-order valence-corrected chi connectivity index (χ2v) is 6.43. The predicted molar refractivity (Wildman–Crippen MR) is 97.2 cm³/mol. The van der Waals surface area contributed by atoms with Gasteiger partial charge < -0.3 is 13.9 Å². The zero-order valence-corrected chi connectivity index (χ0v) is 14.9. The fourth-order valence-corrected chi connectivity index (χ4v) is 2.76. The monoisotopic (exact) mass is 410 g/mol. The van der Waals surface area contributed by atoms with E-state index in [1.54, 1.807) is 24.3 Å². The molecular weight excluding hydrogens is 400 g/mol. The summed E-state index contributed by atoms with van der Waals surface area (Å²) in [4.78, 5) is 24.4. The summed E-state index contributed by atoms with van der Waals surface area (Å²) in [6, 6.07) is 15.2. The molecule has 0 aliphatic carbocycles. The summed E-state index contributed by atoms with van der Waals surface area (Å²) in [6.07, 6.45) is 3.06. The second kappa shape index (κ2) is 6.65. The Morgan fingerprint density at radius 2 is 1.88 bits per heavy atom. The fraction of sp³-hybridized carbons (Fsp3) is 0. The molecule has 3 aromatic rings. The molecule has 6 heteroatoms. The highest BCUT2D eigenvalue weighted by molar-refractivity contribution is 9.10. The molecule has 26 heavy (non-hydrogen) atoms. The van der Waals surface area contributed by atoms with Crippen LogP contribution in [0.4, 0.5) is 0 Å². The van der Waals surface area contributed by atoms with Crippen molar-refractivity contribution in [3.8, 4) is 11.5 Å². The van der Waals surface area contributed by atoms with E-state index >= 15 is 0 Å². The van der Waals surface area contributed by atoms with E-state index in [-0.39, 0.29) is 23.1 Å². The summed E-state index contributed by atoms with van der Waals surface area (Å²) in [5.41, 5.74) is 1.26. The number of ketones is 1. The quantitative estimate of drug-likeness (QED) is 0.349. The van der Waals surface area contributed by atoms with Crippen LogP contribution in [0.5, 0.6) is 11.5 Å². The van der Waals surface area contributed by atoms with Crippen LogP contribution in [0.1, 0.15) is 26.5 Å². The van der Waals surface area contributed by atoms with Crippen molar-refractivity contribution in [3.05, 3.63) is 88.0 Å². The molecule has 1 aliphatic rings. The highest BCUT2D eigenvalue weighted by Crippen LogP contribution is 2.35. The topological polar surface area (TPSA) is 65.7 Å². The van der Waals surface area contributed by atoms with Crippen LogP contribution < -0.4 is 9.47 Å². The molecule has 1 aromatic heterocycles. The number of furan rings is 1. The van der Waals surface area contributed by atoms with Crippen molar-refractivity contribution >= 4 is 33.8 Å². The van der Waals surface area contributed by atoms with Gasteiger partial charge in [-0.2, -0.15) is 0 Å². The maximum atomic E-state index is 12.5. The van der Waals surface area contributed by atoms with Gasteiger partial charge in [0, 0.05) is 10.5 Å². The number of carbonyl (C=O) groups excluding carboxylic acids is 2. The average Bonchev–Trinajstić information content (AvgIpc) is 3.26. The molecule has 5 nitrogen and oxygen atoms in total. The molecule has 0 saturated carbocycles. The number of rotatable bonds is 3. The summed E-state index contributed by atoms with van der Waals surface area (Å²) in [5.74, 6) is 0.0952. The van der Waals surface area contributed by atoms with Gasteiger partial charge in [-0.05, 0) is 48.0 Å². The Balaban J connectivity index is 1.56. The minimum atomic E-state index is -0.620. The van der Waals surface area contributed by atoms with Gasteiger partial charge in [-0.15, -0.1) is 0 Å².